The molecular formula is C17H24FN. The van der Waals surface area contributed by atoms with Crippen molar-refractivity contribution in [1.29, 1.82) is 0 Å². The van der Waals surface area contributed by atoms with Crippen molar-refractivity contribution in [3.05, 3.63) is 35.6 Å². The average Bonchev–Trinajstić information content (AvgIpc) is 2.86. The van der Waals surface area contributed by atoms with Crippen LogP contribution < -0.4 is 5.32 Å². The topological polar surface area (TPSA) is 12.0 Å². The molecule has 1 nitrogen and oxygen atoms in total. The number of rotatable bonds is 4. The summed E-state index contributed by atoms with van der Waals surface area (Å²) in [6, 6.07) is 8.41. The van der Waals surface area contributed by atoms with Gasteiger partial charge in [-0.25, -0.2) is 4.39 Å². The summed E-state index contributed by atoms with van der Waals surface area (Å²) in [5.74, 6) is 1.34. The van der Waals surface area contributed by atoms with Crippen LogP contribution in [-0.2, 0) is 0 Å². The molecule has 0 unspecified atom stereocenters. The van der Waals surface area contributed by atoms with E-state index in [1.54, 1.807) is 6.07 Å². The molecule has 104 valence electrons. The first kappa shape index (κ1) is 13.1. The van der Waals surface area contributed by atoms with Gasteiger partial charge in [-0.3, -0.25) is 0 Å². The smallest absolute Gasteiger partial charge is 0.123 e. The summed E-state index contributed by atoms with van der Waals surface area (Å²) in [5, 5.41) is 3.78. The summed E-state index contributed by atoms with van der Waals surface area (Å²) in [6.45, 7) is 2.34. The predicted octanol–water partition coefficient (Wildman–Crippen LogP) is 4.24. The van der Waals surface area contributed by atoms with Gasteiger partial charge < -0.3 is 5.32 Å². The van der Waals surface area contributed by atoms with Crippen molar-refractivity contribution in [3.8, 4) is 0 Å². The van der Waals surface area contributed by atoms with Gasteiger partial charge >= 0.3 is 0 Å². The number of halogens is 1. The molecule has 2 aliphatic carbocycles. The monoisotopic (exact) mass is 261 g/mol. The second-order valence-corrected chi connectivity index (χ2v) is 6.42. The lowest BCUT2D eigenvalue weighted by Crippen LogP contribution is -2.46. The van der Waals surface area contributed by atoms with Crippen LogP contribution in [0.25, 0.3) is 0 Å². The third-order valence-corrected chi connectivity index (χ3v) is 5.06. The van der Waals surface area contributed by atoms with E-state index in [4.69, 9.17) is 0 Å². The van der Waals surface area contributed by atoms with Crippen LogP contribution in [0.5, 0.6) is 0 Å². The van der Waals surface area contributed by atoms with Crippen LogP contribution >= 0.6 is 0 Å². The van der Waals surface area contributed by atoms with Gasteiger partial charge in [0.25, 0.3) is 0 Å². The first-order valence-electron chi connectivity index (χ1n) is 7.74. The molecule has 0 aliphatic heterocycles. The summed E-state index contributed by atoms with van der Waals surface area (Å²) < 4.78 is 13.2. The highest BCUT2D eigenvalue weighted by Crippen LogP contribution is 2.38. The van der Waals surface area contributed by atoms with Gasteiger partial charge in [-0.15, -0.1) is 0 Å². The van der Waals surface area contributed by atoms with Crippen molar-refractivity contribution in [3.63, 3.8) is 0 Å². The van der Waals surface area contributed by atoms with Crippen molar-refractivity contribution in [2.75, 3.05) is 0 Å². The molecule has 0 saturated heterocycles. The highest BCUT2D eigenvalue weighted by molar-refractivity contribution is 5.23. The molecule has 2 heteroatoms. The molecule has 1 N–H and O–H groups in total. The SMILES string of the molecule is C[C@H](NC1CC(c2cccc(F)c2)C1)C1CCCC1. The van der Waals surface area contributed by atoms with Gasteiger partial charge in [0.1, 0.15) is 5.82 Å². The zero-order chi connectivity index (χ0) is 13.2. The summed E-state index contributed by atoms with van der Waals surface area (Å²) in [4.78, 5) is 0. The second-order valence-electron chi connectivity index (χ2n) is 6.42. The standard InChI is InChI=1S/C17H24FN/c1-12(13-5-2-3-6-13)19-17-10-15(11-17)14-7-4-8-16(18)9-14/h4,7-9,12-13,15,17,19H,2-3,5-6,10-11H2,1H3/t12-,15?,17?/m0/s1. The lowest BCUT2D eigenvalue weighted by atomic mass is 9.75. The van der Waals surface area contributed by atoms with E-state index in [9.17, 15) is 4.39 Å². The second kappa shape index (κ2) is 5.62. The Bertz CT molecular complexity index is 419. The van der Waals surface area contributed by atoms with E-state index >= 15 is 0 Å². The summed E-state index contributed by atoms with van der Waals surface area (Å²) in [7, 11) is 0. The molecular weight excluding hydrogens is 237 g/mol. The fourth-order valence-corrected chi connectivity index (χ4v) is 3.75. The van der Waals surface area contributed by atoms with E-state index in [0.717, 1.165) is 5.92 Å². The van der Waals surface area contributed by atoms with Gasteiger partial charge in [0.05, 0.1) is 0 Å². The van der Waals surface area contributed by atoms with Crippen LogP contribution in [0.2, 0.25) is 0 Å². The maximum Gasteiger partial charge on any atom is 0.123 e. The third kappa shape index (κ3) is 3.00. The van der Waals surface area contributed by atoms with Gasteiger partial charge in [0, 0.05) is 12.1 Å². The Hall–Kier alpha value is -0.890. The Morgan fingerprint density at radius 1 is 1.21 bits per heavy atom. The summed E-state index contributed by atoms with van der Waals surface area (Å²) >= 11 is 0. The van der Waals surface area contributed by atoms with Crippen molar-refractivity contribution in [2.24, 2.45) is 5.92 Å². The fourth-order valence-electron chi connectivity index (χ4n) is 3.75. The molecule has 0 radical (unpaired) electrons. The van der Waals surface area contributed by atoms with Crippen LogP contribution in [0.15, 0.2) is 24.3 Å². The molecule has 2 aliphatic rings. The Kier molecular flexibility index (Phi) is 3.88. The molecule has 19 heavy (non-hydrogen) atoms. The number of nitrogens with one attached hydrogen (secondary N) is 1. The third-order valence-electron chi connectivity index (χ3n) is 5.06. The summed E-state index contributed by atoms with van der Waals surface area (Å²) in [5.41, 5.74) is 1.17. The quantitative estimate of drug-likeness (QED) is 0.854. The molecule has 1 aromatic rings. The lowest BCUT2D eigenvalue weighted by Gasteiger charge is -2.39. The maximum absolute atomic E-state index is 13.2. The van der Waals surface area contributed by atoms with Gasteiger partial charge in [-0.2, -0.15) is 0 Å². The number of hydrogen-bond donors (Lipinski definition) is 1. The Morgan fingerprint density at radius 3 is 2.63 bits per heavy atom. The minimum atomic E-state index is -0.103. The van der Waals surface area contributed by atoms with Crippen LogP contribution in [0, 0.1) is 11.7 Å². The molecule has 3 rings (SSSR count). The van der Waals surface area contributed by atoms with Crippen LogP contribution in [0.1, 0.15) is 56.9 Å². The van der Waals surface area contributed by atoms with Crippen molar-refractivity contribution in [2.45, 2.75) is 63.5 Å². The number of benzene rings is 1. The Morgan fingerprint density at radius 2 is 1.95 bits per heavy atom. The molecule has 1 atom stereocenters. The zero-order valence-electron chi connectivity index (χ0n) is 11.7. The first-order valence-corrected chi connectivity index (χ1v) is 7.74. The van der Waals surface area contributed by atoms with Crippen LogP contribution in [0.3, 0.4) is 0 Å². The Labute approximate surface area is 115 Å². The molecule has 0 bridgehead atoms. The lowest BCUT2D eigenvalue weighted by molar-refractivity contribution is 0.238. The van der Waals surface area contributed by atoms with E-state index in [1.807, 2.05) is 6.07 Å². The first-order chi connectivity index (χ1) is 9.22. The zero-order valence-corrected chi connectivity index (χ0v) is 11.7. The van der Waals surface area contributed by atoms with Crippen LogP contribution in [0.4, 0.5) is 4.39 Å². The Balaban J connectivity index is 1.47. The van der Waals surface area contributed by atoms with E-state index < -0.39 is 0 Å². The van der Waals surface area contributed by atoms with E-state index in [-0.39, 0.29) is 5.82 Å². The minimum absolute atomic E-state index is 0.103. The predicted molar refractivity (Wildman–Crippen MR) is 76.7 cm³/mol. The molecule has 0 spiro atoms. The van der Waals surface area contributed by atoms with E-state index in [0.29, 0.717) is 18.0 Å². The van der Waals surface area contributed by atoms with E-state index in [1.165, 1.54) is 50.2 Å². The maximum atomic E-state index is 13.2. The van der Waals surface area contributed by atoms with Gasteiger partial charge in [-0.05, 0) is 62.1 Å². The largest absolute Gasteiger partial charge is 0.311 e. The highest BCUT2D eigenvalue weighted by Gasteiger charge is 2.32. The molecule has 1 aromatic carbocycles. The molecule has 2 saturated carbocycles. The van der Waals surface area contributed by atoms with E-state index in [2.05, 4.69) is 18.3 Å². The van der Waals surface area contributed by atoms with Gasteiger partial charge in [0.15, 0.2) is 0 Å². The van der Waals surface area contributed by atoms with Gasteiger partial charge in [-0.1, -0.05) is 25.0 Å². The molecule has 0 heterocycles. The molecule has 0 amide bonds. The van der Waals surface area contributed by atoms with Crippen molar-refractivity contribution in [1.82, 2.24) is 5.32 Å². The highest BCUT2D eigenvalue weighted by atomic mass is 19.1. The minimum Gasteiger partial charge on any atom is -0.311 e. The summed E-state index contributed by atoms with van der Waals surface area (Å²) in [6.07, 6.45) is 7.95. The van der Waals surface area contributed by atoms with Crippen LogP contribution in [-0.4, -0.2) is 12.1 Å². The molecule has 0 aromatic heterocycles. The van der Waals surface area contributed by atoms with Crippen molar-refractivity contribution >= 4 is 0 Å². The normalized spacial score (nSPS) is 29.2. The molecule has 2 fully saturated rings. The van der Waals surface area contributed by atoms with Gasteiger partial charge in [0.2, 0.25) is 0 Å². The fraction of sp³-hybridized carbons (Fsp3) is 0.647. The van der Waals surface area contributed by atoms with Crippen molar-refractivity contribution < 1.29 is 4.39 Å². The average molecular weight is 261 g/mol. The number of hydrogen-bond acceptors (Lipinski definition) is 1.